The summed E-state index contributed by atoms with van der Waals surface area (Å²) < 4.78 is 26.9. The largest absolute Gasteiger partial charge is 0.252 e. The zero-order valence-corrected chi connectivity index (χ0v) is 11.1. The third kappa shape index (κ3) is 2.33. The van der Waals surface area contributed by atoms with E-state index in [1.165, 1.54) is 15.6 Å². The molecule has 0 bridgehead atoms. The number of nitrogens with zero attached hydrogens (tertiary/aromatic N) is 1. The Kier molecular flexibility index (Phi) is 3.30. The smallest absolute Gasteiger partial charge is 0.206 e. The first kappa shape index (κ1) is 11.3. The third-order valence-electron chi connectivity index (χ3n) is 2.16. The minimum Gasteiger partial charge on any atom is -0.206 e. The van der Waals surface area contributed by atoms with Gasteiger partial charge in [-0.2, -0.15) is 4.31 Å². The van der Waals surface area contributed by atoms with Crippen LogP contribution in [0, 0.1) is 0 Å². The van der Waals surface area contributed by atoms with E-state index in [1.54, 1.807) is 11.4 Å². The van der Waals surface area contributed by atoms with Gasteiger partial charge in [0.1, 0.15) is 4.21 Å². The van der Waals surface area contributed by atoms with E-state index in [-0.39, 0.29) is 0 Å². The second-order valence-corrected chi connectivity index (χ2v) is 7.20. The fraction of sp³-hybridized carbons (Fsp3) is 0.333. The van der Waals surface area contributed by atoms with Gasteiger partial charge in [0.05, 0.1) is 0 Å². The van der Waals surface area contributed by atoms with Crippen molar-refractivity contribution < 1.29 is 8.42 Å². The second kappa shape index (κ2) is 4.37. The Bertz CT molecular complexity index is 478. The number of halogens is 1. The van der Waals surface area contributed by atoms with E-state index in [9.17, 15) is 8.42 Å². The molecule has 6 heteroatoms. The highest BCUT2D eigenvalue weighted by atomic mass is 79.9. The average Bonchev–Trinajstić information content (AvgIpc) is 2.67. The van der Waals surface area contributed by atoms with Crippen LogP contribution in [0.25, 0.3) is 0 Å². The lowest BCUT2D eigenvalue weighted by atomic mass is 10.3. The van der Waals surface area contributed by atoms with Gasteiger partial charge in [-0.05, 0) is 28.4 Å². The van der Waals surface area contributed by atoms with Gasteiger partial charge in [-0.25, -0.2) is 8.42 Å². The van der Waals surface area contributed by atoms with Gasteiger partial charge in [-0.15, -0.1) is 11.3 Å². The van der Waals surface area contributed by atoms with E-state index >= 15 is 0 Å². The van der Waals surface area contributed by atoms with Crippen LogP contribution in [0.15, 0.2) is 32.3 Å². The summed E-state index contributed by atoms with van der Waals surface area (Å²) in [5.41, 5.74) is 0. The maximum atomic E-state index is 12.1. The Labute approximate surface area is 102 Å². The Morgan fingerprint density at radius 2 is 2.20 bits per heavy atom. The highest BCUT2D eigenvalue weighted by Crippen LogP contribution is 2.27. The van der Waals surface area contributed by atoms with Gasteiger partial charge in [-0.1, -0.05) is 12.2 Å². The molecule has 1 aromatic rings. The van der Waals surface area contributed by atoms with Crippen LogP contribution in [-0.2, 0) is 10.0 Å². The van der Waals surface area contributed by atoms with Crippen molar-refractivity contribution >= 4 is 37.3 Å². The molecule has 0 aliphatic carbocycles. The zero-order chi connectivity index (χ0) is 10.9. The molecule has 0 saturated carbocycles. The summed E-state index contributed by atoms with van der Waals surface area (Å²) in [5.74, 6) is 0. The minimum atomic E-state index is -3.27. The minimum absolute atomic E-state index is 0.407. The van der Waals surface area contributed by atoms with Crippen LogP contribution >= 0.6 is 27.3 Å². The van der Waals surface area contributed by atoms with Gasteiger partial charge in [0.2, 0.25) is 0 Å². The maximum absolute atomic E-state index is 12.1. The zero-order valence-electron chi connectivity index (χ0n) is 7.89. The van der Waals surface area contributed by atoms with Crippen molar-refractivity contribution in [2.24, 2.45) is 0 Å². The maximum Gasteiger partial charge on any atom is 0.252 e. The molecule has 0 aromatic carbocycles. The molecule has 0 amide bonds. The lowest BCUT2D eigenvalue weighted by Crippen LogP contribution is -2.33. The first-order valence-electron chi connectivity index (χ1n) is 4.50. The summed E-state index contributed by atoms with van der Waals surface area (Å²) >= 11 is 4.51. The Hall–Kier alpha value is -0.170. The monoisotopic (exact) mass is 307 g/mol. The van der Waals surface area contributed by atoms with E-state index in [0.29, 0.717) is 17.3 Å². The number of sulfonamides is 1. The molecule has 0 radical (unpaired) electrons. The Morgan fingerprint density at radius 3 is 2.73 bits per heavy atom. The number of hydrogen-bond acceptors (Lipinski definition) is 3. The quantitative estimate of drug-likeness (QED) is 0.787. The molecule has 1 aliphatic heterocycles. The van der Waals surface area contributed by atoms with Gasteiger partial charge in [0.15, 0.2) is 0 Å². The van der Waals surface area contributed by atoms with Gasteiger partial charge >= 0.3 is 0 Å². The van der Waals surface area contributed by atoms with Crippen molar-refractivity contribution in [1.82, 2.24) is 4.31 Å². The normalized spacial score (nSPS) is 18.2. The summed E-state index contributed by atoms with van der Waals surface area (Å²) in [4.78, 5) is 0. The molecule has 1 aromatic heterocycles. The molecule has 0 N–H and O–H groups in total. The molecule has 0 fully saturated rings. The van der Waals surface area contributed by atoms with E-state index < -0.39 is 10.0 Å². The first-order chi connectivity index (χ1) is 7.10. The van der Waals surface area contributed by atoms with Crippen LogP contribution in [0.1, 0.15) is 6.42 Å². The molecule has 0 unspecified atom stereocenters. The fourth-order valence-electron chi connectivity index (χ4n) is 1.40. The molecule has 0 atom stereocenters. The fourth-order valence-corrected chi connectivity index (χ4v) is 4.81. The van der Waals surface area contributed by atoms with Crippen molar-refractivity contribution in [1.29, 1.82) is 0 Å². The van der Waals surface area contributed by atoms with Gasteiger partial charge in [0, 0.05) is 22.9 Å². The second-order valence-electron chi connectivity index (χ2n) is 3.21. The summed E-state index contributed by atoms with van der Waals surface area (Å²) in [6.45, 7) is 1.06. The molecular formula is C9H10BrNO2S2. The number of thiophene rings is 1. The number of hydrogen-bond donors (Lipinski definition) is 0. The summed E-state index contributed by atoms with van der Waals surface area (Å²) in [6, 6.07) is 1.65. The highest BCUT2D eigenvalue weighted by molar-refractivity contribution is 9.10. The summed E-state index contributed by atoms with van der Waals surface area (Å²) in [7, 11) is -3.27. The molecule has 2 heterocycles. The molecule has 1 aliphatic rings. The van der Waals surface area contributed by atoms with Gasteiger partial charge in [0.25, 0.3) is 10.0 Å². The molecule has 3 nitrogen and oxygen atoms in total. The van der Waals surface area contributed by atoms with Crippen molar-refractivity contribution in [2.45, 2.75) is 10.6 Å². The molecule has 0 spiro atoms. The van der Waals surface area contributed by atoms with Gasteiger partial charge < -0.3 is 0 Å². The van der Waals surface area contributed by atoms with Crippen LogP contribution in [-0.4, -0.2) is 25.8 Å². The topological polar surface area (TPSA) is 37.4 Å². The first-order valence-corrected chi connectivity index (χ1v) is 7.61. The molecule has 2 rings (SSSR count). The van der Waals surface area contributed by atoms with Crippen molar-refractivity contribution in [3.63, 3.8) is 0 Å². The van der Waals surface area contributed by atoms with E-state index in [1.807, 2.05) is 12.2 Å². The summed E-state index contributed by atoms with van der Waals surface area (Å²) in [6.07, 6.45) is 4.70. The molecule has 15 heavy (non-hydrogen) atoms. The Morgan fingerprint density at radius 1 is 1.40 bits per heavy atom. The van der Waals surface area contributed by atoms with Crippen LogP contribution in [0.2, 0.25) is 0 Å². The lowest BCUT2D eigenvalue weighted by Gasteiger charge is -2.21. The lowest BCUT2D eigenvalue weighted by molar-refractivity contribution is 0.439. The standard InChI is InChI=1S/C9H10BrNO2S2/c10-8-6-9(14-7-8)15(12,13)11-4-2-1-3-5-11/h1-2,6-7H,3-5H2. The predicted molar refractivity (Wildman–Crippen MR) is 64.5 cm³/mol. The van der Waals surface area contributed by atoms with E-state index in [2.05, 4.69) is 15.9 Å². The summed E-state index contributed by atoms with van der Waals surface area (Å²) in [5, 5.41) is 1.78. The molecule has 0 saturated heterocycles. The van der Waals surface area contributed by atoms with Crippen molar-refractivity contribution in [2.75, 3.05) is 13.1 Å². The molecular weight excluding hydrogens is 298 g/mol. The SMILES string of the molecule is O=S(=O)(c1cc(Br)cs1)N1CC=CCC1. The predicted octanol–water partition coefficient (Wildman–Crippen LogP) is 2.46. The van der Waals surface area contributed by atoms with Crippen LogP contribution in [0.4, 0.5) is 0 Å². The third-order valence-corrected chi connectivity index (χ3v) is 6.20. The number of rotatable bonds is 2. The van der Waals surface area contributed by atoms with Crippen LogP contribution < -0.4 is 0 Å². The highest BCUT2D eigenvalue weighted by Gasteiger charge is 2.25. The van der Waals surface area contributed by atoms with Crippen LogP contribution in [0.5, 0.6) is 0 Å². The Balaban J connectivity index is 2.30. The van der Waals surface area contributed by atoms with Crippen LogP contribution in [0.3, 0.4) is 0 Å². The van der Waals surface area contributed by atoms with E-state index in [0.717, 1.165) is 10.9 Å². The van der Waals surface area contributed by atoms with Gasteiger partial charge in [-0.3, -0.25) is 0 Å². The van der Waals surface area contributed by atoms with Crippen molar-refractivity contribution in [3.05, 3.63) is 28.1 Å². The van der Waals surface area contributed by atoms with E-state index in [4.69, 9.17) is 0 Å². The molecule has 82 valence electrons. The van der Waals surface area contributed by atoms with Crippen molar-refractivity contribution in [3.8, 4) is 0 Å². The average molecular weight is 308 g/mol.